The van der Waals surface area contributed by atoms with Gasteiger partial charge in [-0.25, -0.2) is 4.98 Å². The molecular weight excluding hydrogens is 324 g/mol. The molecule has 6 N–H and O–H groups in total. The molecule has 12 heteroatoms. The number of carboxylic acid groups (broad SMARTS) is 1. The molecule has 0 amide bonds. The van der Waals surface area contributed by atoms with Gasteiger partial charge < -0.3 is 26.0 Å². The largest absolute Gasteiger partial charge is 0.480 e. The molecule has 24 heavy (non-hydrogen) atoms. The number of rotatable bonds is 8. The van der Waals surface area contributed by atoms with Gasteiger partial charge in [-0.2, -0.15) is 4.98 Å². The lowest BCUT2D eigenvalue weighted by Crippen LogP contribution is -2.33. The molecule has 0 fully saturated rings. The number of aromatic amines is 1. The van der Waals surface area contributed by atoms with E-state index in [0.717, 1.165) is 0 Å². The van der Waals surface area contributed by atoms with E-state index in [2.05, 4.69) is 15.0 Å². The van der Waals surface area contributed by atoms with Crippen molar-refractivity contribution in [2.45, 2.75) is 19.2 Å². The normalized spacial score (nSPS) is 12.2. The lowest BCUT2D eigenvalue weighted by molar-refractivity contribution is -0.150. The smallest absolute Gasteiger partial charge is 0.321 e. The van der Waals surface area contributed by atoms with Gasteiger partial charge >= 0.3 is 11.9 Å². The standard InChI is InChI=1S/C12H16N6O6/c13-6(11(21)22)3-7(19)24-2-1-23-5-18-4-15-8-9(18)16-12(14)17-10(8)20/h4,6H,1-3,5,13H2,(H,21,22)(H3,14,16,17,20)/t6-/m0/s1. The Morgan fingerprint density at radius 2 is 2.17 bits per heavy atom. The molecule has 2 heterocycles. The zero-order valence-corrected chi connectivity index (χ0v) is 12.5. The third-order valence-corrected chi connectivity index (χ3v) is 2.92. The molecule has 1 atom stereocenters. The summed E-state index contributed by atoms with van der Waals surface area (Å²) in [6.07, 6.45) is 0.942. The molecule has 0 aliphatic heterocycles. The van der Waals surface area contributed by atoms with Crippen LogP contribution in [0, 0.1) is 0 Å². The molecule has 12 nitrogen and oxygen atoms in total. The summed E-state index contributed by atoms with van der Waals surface area (Å²) in [7, 11) is 0. The van der Waals surface area contributed by atoms with Crippen molar-refractivity contribution in [2.24, 2.45) is 5.73 Å². The molecule has 0 saturated carbocycles. The van der Waals surface area contributed by atoms with Crippen molar-refractivity contribution >= 4 is 29.1 Å². The number of fused-ring (bicyclic) bond motifs is 1. The van der Waals surface area contributed by atoms with Crippen LogP contribution in [0.3, 0.4) is 0 Å². The topological polar surface area (TPSA) is 188 Å². The van der Waals surface area contributed by atoms with Crippen LogP contribution in [0.2, 0.25) is 0 Å². The van der Waals surface area contributed by atoms with Gasteiger partial charge in [0.15, 0.2) is 11.2 Å². The second-order valence-electron chi connectivity index (χ2n) is 4.74. The first-order chi connectivity index (χ1) is 11.4. The number of nitrogens with two attached hydrogens (primary N) is 2. The molecule has 0 aliphatic carbocycles. The second kappa shape index (κ2) is 7.52. The Hall–Kier alpha value is -2.99. The number of hydrogen-bond donors (Lipinski definition) is 4. The van der Waals surface area contributed by atoms with E-state index < -0.39 is 30.0 Å². The van der Waals surface area contributed by atoms with Crippen molar-refractivity contribution in [3.05, 3.63) is 16.7 Å². The molecular formula is C12H16N6O6. The number of nitrogens with zero attached hydrogens (tertiary/aromatic N) is 3. The van der Waals surface area contributed by atoms with Gasteiger partial charge in [0, 0.05) is 0 Å². The van der Waals surface area contributed by atoms with Crippen LogP contribution in [0.1, 0.15) is 6.42 Å². The molecule has 130 valence electrons. The fourth-order valence-corrected chi connectivity index (χ4v) is 1.77. The lowest BCUT2D eigenvalue weighted by Gasteiger charge is -2.08. The van der Waals surface area contributed by atoms with E-state index in [1.54, 1.807) is 0 Å². The number of carboxylic acids is 1. The fraction of sp³-hybridized carbons (Fsp3) is 0.417. The Balaban J connectivity index is 1.78. The SMILES string of the molecule is Nc1nc2c(ncn2COCCOC(=O)C[C@H](N)C(=O)O)c(=O)[nH]1. The average molecular weight is 340 g/mol. The summed E-state index contributed by atoms with van der Waals surface area (Å²) < 4.78 is 11.5. The molecule has 0 unspecified atom stereocenters. The van der Waals surface area contributed by atoms with Crippen LogP contribution >= 0.6 is 0 Å². The van der Waals surface area contributed by atoms with Gasteiger partial charge in [-0.3, -0.25) is 23.9 Å². The lowest BCUT2D eigenvalue weighted by atomic mass is 10.2. The van der Waals surface area contributed by atoms with Crippen LogP contribution in [0.5, 0.6) is 0 Å². The molecule has 0 aliphatic rings. The third-order valence-electron chi connectivity index (χ3n) is 2.92. The van der Waals surface area contributed by atoms with Gasteiger partial charge in [0.2, 0.25) is 5.95 Å². The summed E-state index contributed by atoms with van der Waals surface area (Å²) in [5.74, 6) is -2.06. The highest BCUT2D eigenvalue weighted by Crippen LogP contribution is 2.06. The number of carbonyl (C=O) groups is 2. The molecule has 0 radical (unpaired) electrons. The Labute approximate surface area is 134 Å². The summed E-state index contributed by atoms with van der Waals surface area (Å²) in [5, 5.41) is 8.57. The molecule has 0 bridgehead atoms. The highest BCUT2D eigenvalue weighted by atomic mass is 16.6. The molecule has 2 aromatic rings. The number of ether oxygens (including phenoxy) is 2. The average Bonchev–Trinajstić information content (AvgIpc) is 2.90. The highest BCUT2D eigenvalue weighted by molar-refractivity contribution is 5.81. The van der Waals surface area contributed by atoms with Crippen LogP contribution < -0.4 is 17.0 Å². The van der Waals surface area contributed by atoms with Crippen molar-refractivity contribution in [1.82, 2.24) is 19.5 Å². The first-order valence-corrected chi connectivity index (χ1v) is 6.81. The number of carbonyl (C=O) groups excluding carboxylic acids is 1. The molecule has 0 spiro atoms. The van der Waals surface area contributed by atoms with Crippen molar-refractivity contribution in [3.63, 3.8) is 0 Å². The summed E-state index contributed by atoms with van der Waals surface area (Å²) in [5.41, 5.74) is 10.6. The second-order valence-corrected chi connectivity index (χ2v) is 4.74. The monoisotopic (exact) mass is 340 g/mol. The number of hydrogen-bond acceptors (Lipinski definition) is 9. The summed E-state index contributed by atoms with van der Waals surface area (Å²) in [6.45, 7) is -0.0149. The maximum Gasteiger partial charge on any atom is 0.321 e. The number of imidazole rings is 1. The zero-order chi connectivity index (χ0) is 17.7. The minimum Gasteiger partial charge on any atom is -0.480 e. The van der Waals surface area contributed by atoms with Crippen molar-refractivity contribution < 1.29 is 24.2 Å². The predicted molar refractivity (Wildman–Crippen MR) is 79.7 cm³/mol. The number of esters is 1. The summed E-state index contributed by atoms with van der Waals surface area (Å²) in [6, 6.07) is -1.30. The first-order valence-electron chi connectivity index (χ1n) is 6.81. The van der Waals surface area contributed by atoms with Gasteiger partial charge in [-0.15, -0.1) is 0 Å². The molecule has 2 aromatic heterocycles. The van der Waals surface area contributed by atoms with Gasteiger partial charge in [-0.1, -0.05) is 0 Å². The molecule has 2 rings (SSSR count). The van der Waals surface area contributed by atoms with Gasteiger partial charge in [-0.05, 0) is 0 Å². The number of nitrogen functional groups attached to an aromatic ring is 1. The Kier molecular flexibility index (Phi) is 5.44. The Bertz CT molecular complexity index is 799. The number of anilines is 1. The molecule has 0 aromatic carbocycles. The highest BCUT2D eigenvalue weighted by Gasteiger charge is 2.17. The van der Waals surface area contributed by atoms with Crippen molar-refractivity contribution in [3.8, 4) is 0 Å². The number of nitrogens with one attached hydrogen (secondary N) is 1. The molecule has 0 saturated heterocycles. The van der Waals surface area contributed by atoms with Gasteiger partial charge in [0.1, 0.15) is 19.4 Å². The maximum absolute atomic E-state index is 11.6. The van der Waals surface area contributed by atoms with Crippen molar-refractivity contribution in [1.29, 1.82) is 0 Å². The maximum atomic E-state index is 11.6. The van der Waals surface area contributed by atoms with E-state index >= 15 is 0 Å². The Morgan fingerprint density at radius 1 is 1.42 bits per heavy atom. The number of aromatic nitrogens is 4. The van der Waals surface area contributed by atoms with Crippen LogP contribution in [-0.4, -0.2) is 55.8 Å². The van der Waals surface area contributed by atoms with Gasteiger partial charge in [0.05, 0.1) is 19.4 Å². The Morgan fingerprint density at radius 3 is 2.88 bits per heavy atom. The predicted octanol–water partition coefficient (Wildman–Crippen LogP) is -1.98. The van der Waals surface area contributed by atoms with E-state index in [9.17, 15) is 14.4 Å². The zero-order valence-electron chi connectivity index (χ0n) is 12.5. The number of aliphatic carboxylic acids is 1. The van der Waals surface area contributed by atoms with E-state index in [0.29, 0.717) is 0 Å². The minimum absolute atomic E-state index is 0.0125. The van der Waals surface area contributed by atoms with E-state index in [1.807, 2.05) is 0 Å². The van der Waals surface area contributed by atoms with Crippen molar-refractivity contribution in [2.75, 3.05) is 18.9 Å². The van der Waals surface area contributed by atoms with Gasteiger partial charge in [0.25, 0.3) is 5.56 Å². The first kappa shape index (κ1) is 17.4. The van der Waals surface area contributed by atoms with Crippen LogP contribution in [-0.2, 0) is 25.8 Å². The number of H-pyrrole nitrogens is 1. The minimum atomic E-state index is -1.30. The summed E-state index contributed by atoms with van der Waals surface area (Å²) in [4.78, 5) is 43.6. The quantitative estimate of drug-likeness (QED) is 0.309. The van der Waals surface area contributed by atoms with Crippen LogP contribution in [0.4, 0.5) is 5.95 Å². The van der Waals surface area contributed by atoms with E-state index in [4.69, 9.17) is 26.0 Å². The summed E-state index contributed by atoms with van der Waals surface area (Å²) >= 11 is 0. The van der Waals surface area contributed by atoms with Crippen LogP contribution in [0.15, 0.2) is 11.1 Å². The third kappa shape index (κ3) is 4.27. The van der Waals surface area contributed by atoms with Crippen LogP contribution in [0.25, 0.3) is 11.2 Å². The fourth-order valence-electron chi connectivity index (χ4n) is 1.77. The van der Waals surface area contributed by atoms with E-state index in [-0.39, 0.29) is 37.1 Å². The van der Waals surface area contributed by atoms with E-state index in [1.165, 1.54) is 10.9 Å².